The number of carbonyl (C=O) groups is 2. The molecule has 0 atom stereocenters. The van der Waals surface area contributed by atoms with Crippen LogP contribution in [-0.4, -0.2) is 35.5 Å². The smallest absolute Gasteiger partial charge is 0.323 e. The summed E-state index contributed by atoms with van der Waals surface area (Å²) >= 11 is 0. The first-order valence-electron chi connectivity index (χ1n) is 5.04. The predicted molar refractivity (Wildman–Crippen MR) is 60.8 cm³/mol. The Kier molecular flexibility index (Phi) is 2.82. The van der Waals surface area contributed by atoms with Gasteiger partial charge in [-0.15, -0.1) is 0 Å². The van der Waals surface area contributed by atoms with Crippen LogP contribution in [-0.2, 0) is 4.79 Å². The fourth-order valence-electron chi connectivity index (χ4n) is 1.55. The van der Waals surface area contributed by atoms with E-state index < -0.39 is 11.9 Å². The fraction of sp³-hybridized carbons (Fsp3) is 0.167. The van der Waals surface area contributed by atoms with E-state index in [2.05, 4.69) is 0 Å². The fourth-order valence-corrected chi connectivity index (χ4v) is 1.55. The lowest BCUT2D eigenvalue weighted by molar-refractivity contribution is -0.137. The van der Waals surface area contributed by atoms with Gasteiger partial charge < -0.3 is 14.4 Å². The molecule has 5 heteroatoms. The number of nitrogens with zero attached hydrogens (tertiary/aromatic N) is 1. The zero-order valence-corrected chi connectivity index (χ0v) is 9.21. The highest BCUT2D eigenvalue weighted by Crippen LogP contribution is 2.19. The normalized spacial score (nSPS) is 10.4. The second kappa shape index (κ2) is 4.29. The highest BCUT2D eigenvalue weighted by atomic mass is 16.4. The van der Waals surface area contributed by atoms with Crippen LogP contribution < -0.4 is 0 Å². The molecule has 0 radical (unpaired) electrons. The number of carbonyl (C=O) groups excluding carboxylic acids is 1. The molecule has 1 aromatic carbocycles. The van der Waals surface area contributed by atoms with E-state index >= 15 is 0 Å². The number of fused-ring (bicyclic) bond motifs is 1. The Balaban J connectivity index is 2.27. The van der Waals surface area contributed by atoms with Crippen LogP contribution in [0.4, 0.5) is 0 Å². The molecule has 0 aliphatic carbocycles. The number of carboxylic acid groups (broad SMARTS) is 1. The molecule has 0 aliphatic rings. The molecule has 0 fully saturated rings. The average molecular weight is 233 g/mol. The van der Waals surface area contributed by atoms with Gasteiger partial charge in [-0.05, 0) is 12.1 Å². The molecule has 1 aromatic heterocycles. The topological polar surface area (TPSA) is 70.8 Å². The molecular formula is C12H11NO4. The number of carboxylic acids is 1. The van der Waals surface area contributed by atoms with Crippen molar-refractivity contribution < 1.29 is 19.1 Å². The quantitative estimate of drug-likeness (QED) is 0.873. The molecule has 0 spiro atoms. The average Bonchev–Trinajstić information content (AvgIpc) is 2.70. The summed E-state index contributed by atoms with van der Waals surface area (Å²) in [5.74, 6) is -1.35. The number of hydrogen-bond acceptors (Lipinski definition) is 3. The molecule has 0 aliphatic heterocycles. The summed E-state index contributed by atoms with van der Waals surface area (Å²) in [5, 5.41) is 9.41. The minimum Gasteiger partial charge on any atom is -0.480 e. The molecule has 0 bridgehead atoms. The number of para-hydroxylation sites is 1. The first kappa shape index (κ1) is 11.2. The van der Waals surface area contributed by atoms with Gasteiger partial charge in [-0.2, -0.15) is 0 Å². The maximum absolute atomic E-state index is 11.8. The minimum absolute atomic E-state index is 0.148. The first-order valence-corrected chi connectivity index (χ1v) is 5.04. The Morgan fingerprint density at radius 1 is 1.35 bits per heavy atom. The van der Waals surface area contributed by atoms with Crippen LogP contribution in [0.1, 0.15) is 10.6 Å². The Morgan fingerprint density at radius 3 is 2.71 bits per heavy atom. The van der Waals surface area contributed by atoms with Crippen molar-refractivity contribution in [1.29, 1.82) is 0 Å². The summed E-state index contributed by atoms with van der Waals surface area (Å²) < 4.78 is 5.35. The van der Waals surface area contributed by atoms with E-state index in [1.807, 2.05) is 12.1 Å². The zero-order chi connectivity index (χ0) is 12.4. The number of furan rings is 1. The largest absolute Gasteiger partial charge is 0.480 e. The van der Waals surface area contributed by atoms with Crippen molar-refractivity contribution in [1.82, 2.24) is 4.90 Å². The van der Waals surface area contributed by atoms with Crippen LogP contribution in [0.5, 0.6) is 0 Å². The monoisotopic (exact) mass is 233 g/mol. The molecule has 5 nitrogen and oxygen atoms in total. The predicted octanol–water partition coefficient (Wildman–Crippen LogP) is 1.59. The molecule has 2 aromatic rings. The lowest BCUT2D eigenvalue weighted by atomic mass is 10.2. The van der Waals surface area contributed by atoms with Crippen molar-refractivity contribution in [2.45, 2.75) is 0 Å². The van der Waals surface area contributed by atoms with E-state index in [0.29, 0.717) is 5.58 Å². The summed E-state index contributed by atoms with van der Waals surface area (Å²) in [6, 6.07) is 8.83. The van der Waals surface area contributed by atoms with Crippen molar-refractivity contribution >= 4 is 22.8 Å². The van der Waals surface area contributed by atoms with Gasteiger partial charge >= 0.3 is 5.97 Å². The minimum atomic E-state index is -1.06. The van der Waals surface area contributed by atoms with Gasteiger partial charge in [0.2, 0.25) is 0 Å². The third-order valence-corrected chi connectivity index (χ3v) is 2.36. The van der Waals surface area contributed by atoms with Crippen molar-refractivity contribution in [3.63, 3.8) is 0 Å². The summed E-state index contributed by atoms with van der Waals surface area (Å²) in [6.07, 6.45) is 0. The maximum atomic E-state index is 11.8. The van der Waals surface area contributed by atoms with Crippen LogP contribution >= 0.6 is 0 Å². The Hall–Kier alpha value is -2.30. The van der Waals surface area contributed by atoms with E-state index in [-0.39, 0.29) is 12.3 Å². The van der Waals surface area contributed by atoms with Gasteiger partial charge in [-0.25, -0.2) is 0 Å². The number of amides is 1. The van der Waals surface area contributed by atoms with Gasteiger partial charge in [-0.3, -0.25) is 9.59 Å². The number of likely N-dealkylation sites (N-methyl/N-ethyl adjacent to an activating group) is 1. The van der Waals surface area contributed by atoms with Gasteiger partial charge in [0.1, 0.15) is 12.1 Å². The molecule has 1 N–H and O–H groups in total. The number of aliphatic carboxylic acids is 1. The molecule has 0 unspecified atom stereocenters. The van der Waals surface area contributed by atoms with E-state index in [0.717, 1.165) is 10.3 Å². The number of hydrogen-bond donors (Lipinski definition) is 1. The Morgan fingerprint density at radius 2 is 2.06 bits per heavy atom. The van der Waals surface area contributed by atoms with Crippen LogP contribution in [0.2, 0.25) is 0 Å². The molecule has 88 valence electrons. The third-order valence-electron chi connectivity index (χ3n) is 2.36. The molecule has 2 rings (SSSR count). The number of benzene rings is 1. The summed E-state index contributed by atoms with van der Waals surface area (Å²) in [4.78, 5) is 23.4. The standard InChI is InChI=1S/C12H11NO4/c1-13(7-11(14)15)12(16)10-6-8-4-2-3-5-9(8)17-10/h2-6H,7H2,1H3,(H,14,15). The van der Waals surface area contributed by atoms with Crippen LogP contribution in [0.15, 0.2) is 34.7 Å². The van der Waals surface area contributed by atoms with Gasteiger partial charge in [0, 0.05) is 12.4 Å². The summed E-state index contributed by atoms with van der Waals surface area (Å²) in [7, 11) is 1.42. The molecular weight excluding hydrogens is 222 g/mol. The van der Waals surface area contributed by atoms with Crippen molar-refractivity contribution in [2.75, 3.05) is 13.6 Å². The first-order chi connectivity index (χ1) is 8.08. The van der Waals surface area contributed by atoms with E-state index in [1.165, 1.54) is 7.05 Å². The SMILES string of the molecule is CN(CC(=O)O)C(=O)c1cc2ccccc2o1. The molecule has 1 heterocycles. The van der Waals surface area contributed by atoms with Crippen LogP contribution in [0.3, 0.4) is 0 Å². The Labute approximate surface area is 97.2 Å². The van der Waals surface area contributed by atoms with Crippen molar-refractivity contribution in [2.24, 2.45) is 0 Å². The van der Waals surface area contributed by atoms with Gasteiger partial charge in [0.15, 0.2) is 5.76 Å². The second-order valence-electron chi connectivity index (χ2n) is 3.70. The summed E-state index contributed by atoms with van der Waals surface area (Å²) in [5.41, 5.74) is 0.611. The summed E-state index contributed by atoms with van der Waals surface area (Å²) in [6.45, 7) is -0.351. The Bertz CT molecular complexity index is 540. The second-order valence-corrected chi connectivity index (χ2v) is 3.70. The van der Waals surface area contributed by atoms with Gasteiger partial charge in [0.05, 0.1) is 0 Å². The highest BCUT2D eigenvalue weighted by Gasteiger charge is 2.18. The van der Waals surface area contributed by atoms with Crippen molar-refractivity contribution in [3.8, 4) is 0 Å². The maximum Gasteiger partial charge on any atom is 0.323 e. The van der Waals surface area contributed by atoms with Crippen molar-refractivity contribution in [3.05, 3.63) is 36.1 Å². The zero-order valence-electron chi connectivity index (χ0n) is 9.21. The van der Waals surface area contributed by atoms with Crippen LogP contribution in [0, 0.1) is 0 Å². The molecule has 0 saturated carbocycles. The number of rotatable bonds is 3. The lowest BCUT2D eigenvalue weighted by Crippen LogP contribution is -2.31. The van der Waals surface area contributed by atoms with E-state index in [4.69, 9.17) is 9.52 Å². The van der Waals surface area contributed by atoms with E-state index in [1.54, 1.807) is 18.2 Å². The lowest BCUT2D eigenvalue weighted by Gasteiger charge is -2.11. The molecule has 0 saturated heterocycles. The highest BCUT2D eigenvalue weighted by molar-refractivity contribution is 5.97. The van der Waals surface area contributed by atoms with Gasteiger partial charge in [0.25, 0.3) is 5.91 Å². The van der Waals surface area contributed by atoms with E-state index in [9.17, 15) is 9.59 Å². The third kappa shape index (κ3) is 2.28. The molecule has 17 heavy (non-hydrogen) atoms. The van der Waals surface area contributed by atoms with Crippen LogP contribution in [0.25, 0.3) is 11.0 Å². The van der Waals surface area contributed by atoms with Gasteiger partial charge in [-0.1, -0.05) is 18.2 Å². The molecule has 1 amide bonds.